The first kappa shape index (κ1) is 14.5. The third-order valence-corrected chi connectivity index (χ3v) is 5.19. The first-order valence-electron chi connectivity index (χ1n) is 8.52. The van der Waals surface area contributed by atoms with Gasteiger partial charge in [0.15, 0.2) is 5.65 Å². The Hall–Kier alpha value is -2.11. The number of hydrogen-bond acceptors (Lipinski definition) is 3. The van der Waals surface area contributed by atoms with E-state index in [9.17, 15) is 9.59 Å². The van der Waals surface area contributed by atoms with Gasteiger partial charge in [-0.3, -0.25) is 14.7 Å². The fourth-order valence-electron chi connectivity index (χ4n) is 3.82. The number of hydrogen-bond donors (Lipinski definition) is 1. The van der Waals surface area contributed by atoms with E-state index < -0.39 is 0 Å². The Balaban J connectivity index is 1.79. The number of fused-ring (bicyclic) bond motifs is 2. The summed E-state index contributed by atoms with van der Waals surface area (Å²) < 4.78 is 1.51. The van der Waals surface area contributed by atoms with Crippen molar-refractivity contribution in [1.82, 2.24) is 19.5 Å². The third kappa shape index (κ3) is 2.19. The molecule has 2 aliphatic rings. The van der Waals surface area contributed by atoms with Gasteiger partial charge < -0.3 is 4.90 Å². The monoisotopic (exact) mass is 314 g/mol. The molecule has 1 aliphatic heterocycles. The Bertz CT molecular complexity index is 827. The standard InChI is InChI=1S/C17H22N4O2/c1-10(2)20-9-12-15(17(20)23)18-14-8-13(19-21(14)16(12)22)11-6-4-3-5-7-11/h8,10-11,19H,3-7,9H2,1-2H3. The van der Waals surface area contributed by atoms with E-state index in [1.807, 2.05) is 19.9 Å². The lowest BCUT2D eigenvalue weighted by Crippen LogP contribution is -2.31. The van der Waals surface area contributed by atoms with Crippen molar-refractivity contribution in [1.29, 1.82) is 0 Å². The van der Waals surface area contributed by atoms with Crippen molar-refractivity contribution in [2.45, 2.75) is 64.5 Å². The van der Waals surface area contributed by atoms with Crippen LogP contribution in [0.5, 0.6) is 0 Å². The van der Waals surface area contributed by atoms with Crippen LogP contribution in [0.4, 0.5) is 0 Å². The van der Waals surface area contributed by atoms with E-state index in [4.69, 9.17) is 0 Å². The summed E-state index contributed by atoms with van der Waals surface area (Å²) in [4.78, 5) is 31.4. The number of H-pyrrole nitrogens is 1. The van der Waals surface area contributed by atoms with Crippen LogP contribution >= 0.6 is 0 Å². The Labute approximate surface area is 134 Å². The van der Waals surface area contributed by atoms with Crippen molar-refractivity contribution in [3.8, 4) is 0 Å². The highest BCUT2D eigenvalue weighted by molar-refractivity contribution is 5.96. The number of amides is 1. The highest BCUT2D eigenvalue weighted by Crippen LogP contribution is 2.32. The molecule has 1 fully saturated rings. The summed E-state index contributed by atoms with van der Waals surface area (Å²) in [6.45, 7) is 4.27. The maximum Gasteiger partial charge on any atom is 0.278 e. The van der Waals surface area contributed by atoms with Gasteiger partial charge in [-0.25, -0.2) is 9.50 Å². The SMILES string of the molecule is CC(C)N1Cc2c(nc3cc(C4CCCCC4)[nH]n3c2=O)C1=O. The highest BCUT2D eigenvalue weighted by Gasteiger charge is 2.34. The van der Waals surface area contributed by atoms with Crippen LogP contribution in [0.15, 0.2) is 10.9 Å². The maximum absolute atomic E-state index is 12.7. The van der Waals surface area contributed by atoms with Crippen molar-refractivity contribution in [3.05, 3.63) is 33.4 Å². The van der Waals surface area contributed by atoms with Gasteiger partial charge in [0.25, 0.3) is 11.5 Å². The first-order valence-corrected chi connectivity index (χ1v) is 8.52. The lowest BCUT2D eigenvalue weighted by Gasteiger charge is -2.19. The van der Waals surface area contributed by atoms with Crippen LogP contribution in [0.2, 0.25) is 0 Å². The average Bonchev–Trinajstić information content (AvgIpc) is 3.11. The number of carbonyl (C=O) groups excluding carboxylic acids is 1. The molecule has 2 aromatic rings. The van der Waals surface area contributed by atoms with Crippen molar-refractivity contribution >= 4 is 11.6 Å². The zero-order valence-electron chi connectivity index (χ0n) is 13.6. The molecule has 1 aliphatic carbocycles. The lowest BCUT2D eigenvalue weighted by atomic mass is 9.87. The minimum Gasteiger partial charge on any atom is -0.330 e. The summed E-state index contributed by atoms with van der Waals surface area (Å²) in [5, 5.41) is 3.23. The zero-order valence-corrected chi connectivity index (χ0v) is 13.6. The minimum absolute atomic E-state index is 0.0669. The van der Waals surface area contributed by atoms with Gasteiger partial charge in [0.1, 0.15) is 5.69 Å². The molecule has 1 amide bonds. The number of rotatable bonds is 2. The molecule has 1 N–H and O–H groups in total. The van der Waals surface area contributed by atoms with Crippen molar-refractivity contribution in [2.24, 2.45) is 0 Å². The van der Waals surface area contributed by atoms with Gasteiger partial charge in [-0.2, -0.15) is 0 Å². The Morgan fingerprint density at radius 2 is 1.96 bits per heavy atom. The molecule has 0 spiro atoms. The van der Waals surface area contributed by atoms with E-state index in [-0.39, 0.29) is 17.5 Å². The molecule has 0 saturated heterocycles. The van der Waals surface area contributed by atoms with Crippen LogP contribution in [-0.4, -0.2) is 31.4 Å². The number of nitrogens with zero attached hydrogens (tertiary/aromatic N) is 3. The quantitative estimate of drug-likeness (QED) is 0.925. The second-order valence-corrected chi connectivity index (χ2v) is 7.01. The second kappa shape index (κ2) is 5.22. The number of aromatic nitrogens is 3. The predicted molar refractivity (Wildman–Crippen MR) is 86.6 cm³/mol. The fraction of sp³-hybridized carbons (Fsp3) is 0.588. The van der Waals surface area contributed by atoms with Gasteiger partial charge in [0, 0.05) is 23.7 Å². The molecule has 6 nitrogen and oxygen atoms in total. The normalized spacial score (nSPS) is 19.1. The molecule has 0 bridgehead atoms. The number of nitrogens with one attached hydrogen (secondary N) is 1. The summed E-state index contributed by atoms with van der Waals surface area (Å²) in [5.41, 5.74) is 2.35. The van der Waals surface area contributed by atoms with E-state index in [0.29, 0.717) is 29.4 Å². The van der Waals surface area contributed by atoms with Gasteiger partial charge in [0.05, 0.1) is 12.1 Å². The molecule has 0 atom stereocenters. The smallest absolute Gasteiger partial charge is 0.278 e. The Kier molecular flexibility index (Phi) is 3.28. The molecule has 4 rings (SSSR count). The van der Waals surface area contributed by atoms with E-state index in [2.05, 4.69) is 10.1 Å². The zero-order chi connectivity index (χ0) is 16.1. The summed E-state index contributed by atoms with van der Waals surface area (Å²) in [5.74, 6) is 0.345. The third-order valence-electron chi connectivity index (χ3n) is 5.19. The maximum atomic E-state index is 12.7. The van der Waals surface area contributed by atoms with Gasteiger partial charge >= 0.3 is 0 Å². The van der Waals surface area contributed by atoms with Gasteiger partial charge in [-0.1, -0.05) is 19.3 Å². The lowest BCUT2D eigenvalue weighted by molar-refractivity contribution is 0.0726. The molecule has 1 saturated carbocycles. The van der Waals surface area contributed by atoms with Gasteiger partial charge in [0.2, 0.25) is 0 Å². The summed E-state index contributed by atoms with van der Waals surface area (Å²) in [6, 6.07) is 2.01. The Morgan fingerprint density at radius 1 is 1.22 bits per heavy atom. The topological polar surface area (TPSA) is 70.5 Å². The van der Waals surface area contributed by atoms with Crippen LogP contribution in [0, 0.1) is 0 Å². The highest BCUT2D eigenvalue weighted by atomic mass is 16.2. The summed E-state index contributed by atoms with van der Waals surface area (Å²) >= 11 is 0. The van der Waals surface area contributed by atoms with Crippen molar-refractivity contribution in [2.75, 3.05) is 0 Å². The van der Waals surface area contributed by atoms with E-state index in [0.717, 1.165) is 18.5 Å². The van der Waals surface area contributed by atoms with Gasteiger partial charge in [-0.05, 0) is 26.7 Å². The Morgan fingerprint density at radius 3 is 2.65 bits per heavy atom. The molecule has 6 heteroatoms. The van der Waals surface area contributed by atoms with E-state index >= 15 is 0 Å². The number of carbonyl (C=O) groups is 1. The molecule has 0 aromatic carbocycles. The van der Waals surface area contributed by atoms with E-state index in [1.54, 1.807) is 4.90 Å². The van der Waals surface area contributed by atoms with Crippen molar-refractivity contribution in [3.63, 3.8) is 0 Å². The number of aromatic amines is 1. The molecule has 0 unspecified atom stereocenters. The van der Waals surface area contributed by atoms with Crippen LogP contribution in [0.3, 0.4) is 0 Å². The minimum atomic E-state index is -0.136. The van der Waals surface area contributed by atoms with Gasteiger partial charge in [-0.15, -0.1) is 0 Å². The van der Waals surface area contributed by atoms with Crippen LogP contribution in [0.25, 0.3) is 5.65 Å². The summed E-state index contributed by atoms with van der Waals surface area (Å²) in [7, 11) is 0. The molecule has 0 radical (unpaired) electrons. The molecular weight excluding hydrogens is 292 g/mol. The molecular formula is C17H22N4O2. The van der Waals surface area contributed by atoms with E-state index in [1.165, 1.54) is 23.8 Å². The molecule has 3 heterocycles. The fourth-order valence-corrected chi connectivity index (χ4v) is 3.82. The summed E-state index contributed by atoms with van der Waals surface area (Å²) in [6.07, 6.45) is 6.08. The molecule has 122 valence electrons. The molecule has 23 heavy (non-hydrogen) atoms. The van der Waals surface area contributed by atoms with Crippen LogP contribution in [0.1, 0.15) is 73.6 Å². The predicted octanol–water partition coefficient (Wildman–Crippen LogP) is 2.43. The average molecular weight is 314 g/mol. The first-order chi connectivity index (χ1) is 11.1. The van der Waals surface area contributed by atoms with Crippen LogP contribution < -0.4 is 5.56 Å². The van der Waals surface area contributed by atoms with Crippen LogP contribution in [-0.2, 0) is 6.54 Å². The largest absolute Gasteiger partial charge is 0.330 e. The molecule has 2 aromatic heterocycles. The van der Waals surface area contributed by atoms with Crippen molar-refractivity contribution < 1.29 is 4.79 Å². The second-order valence-electron chi connectivity index (χ2n) is 7.01.